The molecule has 2 N–H and O–H groups in total. The van der Waals surface area contributed by atoms with Gasteiger partial charge in [-0.25, -0.2) is 14.6 Å². The Morgan fingerprint density at radius 3 is 2.53 bits per heavy atom. The van der Waals surface area contributed by atoms with Crippen LogP contribution in [0.2, 0.25) is 0 Å². The van der Waals surface area contributed by atoms with E-state index in [1.54, 1.807) is 44.1 Å². The molecule has 0 bridgehead atoms. The van der Waals surface area contributed by atoms with Gasteiger partial charge < -0.3 is 9.47 Å². The van der Waals surface area contributed by atoms with Crippen LogP contribution in [-0.2, 0) is 9.47 Å². The normalized spacial score (nSPS) is 17.1. The van der Waals surface area contributed by atoms with E-state index < -0.39 is 17.3 Å². The molecule has 2 aromatic heterocycles. The zero-order valence-corrected chi connectivity index (χ0v) is 19.7. The van der Waals surface area contributed by atoms with Crippen LogP contribution in [0.5, 0.6) is 0 Å². The predicted molar refractivity (Wildman–Crippen MR) is 121 cm³/mol. The lowest BCUT2D eigenvalue weighted by Crippen LogP contribution is -2.42. The average Bonchev–Trinajstić information content (AvgIpc) is 3.15. The van der Waals surface area contributed by atoms with Gasteiger partial charge in [-0.15, -0.1) is 0 Å². The van der Waals surface area contributed by atoms with Gasteiger partial charge in [0.25, 0.3) is 0 Å². The number of piperidine rings is 1. The van der Waals surface area contributed by atoms with Crippen molar-refractivity contribution in [2.45, 2.75) is 78.0 Å². The molecule has 1 saturated heterocycles. The summed E-state index contributed by atoms with van der Waals surface area (Å²) in [6, 6.07) is 3.43. The summed E-state index contributed by atoms with van der Waals surface area (Å²) < 4.78 is 10.9. The molecule has 0 aromatic carbocycles. The van der Waals surface area contributed by atoms with Crippen LogP contribution in [0.15, 0.2) is 24.5 Å². The molecule has 2 amide bonds. The van der Waals surface area contributed by atoms with Gasteiger partial charge in [0.2, 0.25) is 0 Å². The first-order chi connectivity index (χ1) is 14.9. The molecule has 1 atom stereocenters. The molecular weight excluding hydrogens is 410 g/mol. The summed E-state index contributed by atoms with van der Waals surface area (Å²) in [5, 5.41) is 9.99. The van der Waals surface area contributed by atoms with Crippen LogP contribution in [0.3, 0.4) is 0 Å². The van der Waals surface area contributed by atoms with Crippen molar-refractivity contribution < 1.29 is 19.1 Å². The number of carbonyl (C=O) groups excluding carboxylic acids is 2. The molecule has 1 fully saturated rings. The van der Waals surface area contributed by atoms with Gasteiger partial charge in [-0.05, 0) is 78.5 Å². The quantitative estimate of drug-likeness (QED) is 0.668. The van der Waals surface area contributed by atoms with Crippen LogP contribution < -0.4 is 5.32 Å². The van der Waals surface area contributed by atoms with Gasteiger partial charge in [0.1, 0.15) is 17.0 Å². The number of nitrogens with zero attached hydrogens (tertiary/aromatic N) is 3. The molecule has 3 heterocycles. The minimum atomic E-state index is -0.606. The van der Waals surface area contributed by atoms with Gasteiger partial charge in [-0.3, -0.25) is 15.3 Å². The first kappa shape index (κ1) is 23.6. The van der Waals surface area contributed by atoms with E-state index in [1.807, 2.05) is 26.8 Å². The second-order valence-corrected chi connectivity index (χ2v) is 9.94. The number of rotatable bonds is 3. The molecule has 174 valence electrons. The maximum Gasteiger partial charge on any atom is 0.413 e. The largest absolute Gasteiger partial charge is 0.444 e. The Bertz CT molecular complexity index is 958. The number of ether oxygens (including phenoxy) is 2. The van der Waals surface area contributed by atoms with Crippen LogP contribution in [-0.4, -0.2) is 50.0 Å². The molecule has 0 radical (unpaired) electrons. The van der Waals surface area contributed by atoms with Gasteiger partial charge in [-0.2, -0.15) is 5.10 Å². The second kappa shape index (κ2) is 9.18. The number of hydrogen-bond donors (Lipinski definition) is 2. The fourth-order valence-corrected chi connectivity index (χ4v) is 3.63. The summed E-state index contributed by atoms with van der Waals surface area (Å²) in [5.74, 6) is 0.372. The van der Waals surface area contributed by atoms with Gasteiger partial charge in [-0.1, -0.05) is 0 Å². The van der Waals surface area contributed by atoms with Crippen LogP contribution in [0.4, 0.5) is 15.4 Å². The van der Waals surface area contributed by atoms with Crippen molar-refractivity contribution in [3.05, 3.63) is 30.2 Å². The van der Waals surface area contributed by atoms with Crippen LogP contribution >= 0.6 is 0 Å². The van der Waals surface area contributed by atoms with E-state index in [-0.39, 0.29) is 12.1 Å². The first-order valence-corrected chi connectivity index (χ1v) is 10.9. The second-order valence-electron chi connectivity index (χ2n) is 9.94. The third kappa shape index (κ3) is 6.21. The zero-order valence-electron chi connectivity index (χ0n) is 19.7. The third-order valence-electron chi connectivity index (χ3n) is 4.83. The lowest BCUT2D eigenvalue weighted by Gasteiger charge is -2.36. The predicted octanol–water partition coefficient (Wildman–Crippen LogP) is 5.28. The van der Waals surface area contributed by atoms with E-state index in [4.69, 9.17) is 9.47 Å². The molecule has 9 nitrogen and oxygen atoms in total. The van der Waals surface area contributed by atoms with E-state index in [9.17, 15) is 9.59 Å². The van der Waals surface area contributed by atoms with E-state index in [0.717, 1.165) is 36.1 Å². The Hall–Kier alpha value is -3.10. The highest BCUT2D eigenvalue weighted by Crippen LogP contribution is 2.36. The Balaban J connectivity index is 1.84. The number of aromatic nitrogens is 3. The fourth-order valence-electron chi connectivity index (χ4n) is 3.63. The molecule has 0 unspecified atom stereocenters. The molecular formula is C23H33N5O4. The molecule has 0 aliphatic carbocycles. The molecule has 3 rings (SSSR count). The average molecular weight is 444 g/mol. The summed E-state index contributed by atoms with van der Waals surface area (Å²) in [6.07, 6.45) is 5.18. The van der Waals surface area contributed by atoms with Crippen molar-refractivity contribution in [1.29, 1.82) is 0 Å². The maximum absolute atomic E-state index is 12.9. The minimum Gasteiger partial charge on any atom is -0.444 e. The zero-order chi connectivity index (χ0) is 23.5. The van der Waals surface area contributed by atoms with Crippen LogP contribution in [0, 0.1) is 0 Å². The number of nitrogens with one attached hydrogen (secondary N) is 2. The Morgan fingerprint density at radius 1 is 1.12 bits per heavy atom. The molecule has 0 spiro atoms. The summed E-state index contributed by atoms with van der Waals surface area (Å²) in [4.78, 5) is 31.0. The number of amides is 2. The monoisotopic (exact) mass is 443 g/mol. The third-order valence-corrected chi connectivity index (χ3v) is 4.83. The summed E-state index contributed by atoms with van der Waals surface area (Å²) in [7, 11) is 0. The Kier molecular flexibility index (Phi) is 6.76. The lowest BCUT2D eigenvalue weighted by molar-refractivity contribution is 0.00905. The van der Waals surface area contributed by atoms with Crippen molar-refractivity contribution in [2.75, 3.05) is 11.9 Å². The summed E-state index contributed by atoms with van der Waals surface area (Å²) in [6.45, 7) is 11.6. The van der Waals surface area contributed by atoms with Crippen molar-refractivity contribution in [3.63, 3.8) is 0 Å². The number of anilines is 1. The Labute approximate surface area is 188 Å². The first-order valence-electron chi connectivity index (χ1n) is 10.9. The Morgan fingerprint density at radius 2 is 1.84 bits per heavy atom. The molecule has 2 aromatic rings. The van der Waals surface area contributed by atoms with Crippen LogP contribution in [0.25, 0.3) is 11.1 Å². The van der Waals surface area contributed by atoms with Crippen molar-refractivity contribution in [3.8, 4) is 11.1 Å². The highest BCUT2D eigenvalue weighted by atomic mass is 16.6. The molecule has 1 aliphatic rings. The molecule has 0 saturated carbocycles. The van der Waals surface area contributed by atoms with Gasteiger partial charge >= 0.3 is 12.2 Å². The maximum atomic E-state index is 12.9. The summed E-state index contributed by atoms with van der Waals surface area (Å²) in [5.41, 5.74) is 1.34. The smallest absolute Gasteiger partial charge is 0.413 e. The standard InChI is InChI=1S/C23H33N5O4/c1-22(2,3)31-20(29)26-18-13-15(10-11-24-18)16-14-25-27-19(16)17-9-7-8-12-28(17)21(30)32-23(4,5)6/h10-11,13-14,17H,7-9,12H2,1-6H3,(H,25,27)(H,24,26,29)/t17-/m1/s1. The molecule has 1 aliphatic heterocycles. The highest BCUT2D eigenvalue weighted by Gasteiger charge is 2.33. The van der Waals surface area contributed by atoms with Gasteiger partial charge in [0.05, 0.1) is 17.9 Å². The van der Waals surface area contributed by atoms with E-state index in [2.05, 4.69) is 20.5 Å². The SMILES string of the molecule is CC(C)(C)OC(=O)Nc1cc(-c2cn[nH]c2[C@H]2CCCCN2C(=O)OC(C)(C)C)ccn1. The molecule has 9 heteroatoms. The van der Waals surface area contributed by atoms with E-state index >= 15 is 0 Å². The lowest BCUT2D eigenvalue weighted by atomic mass is 9.95. The molecule has 32 heavy (non-hydrogen) atoms. The van der Waals surface area contributed by atoms with Crippen molar-refractivity contribution in [1.82, 2.24) is 20.1 Å². The number of pyridine rings is 1. The minimum absolute atomic E-state index is 0.175. The van der Waals surface area contributed by atoms with Gasteiger partial charge in [0.15, 0.2) is 0 Å². The number of H-pyrrole nitrogens is 1. The van der Waals surface area contributed by atoms with Crippen molar-refractivity contribution >= 4 is 18.0 Å². The summed E-state index contributed by atoms with van der Waals surface area (Å²) >= 11 is 0. The fraction of sp³-hybridized carbons (Fsp3) is 0.565. The van der Waals surface area contributed by atoms with E-state index in [1.165, 1.54) is 0 Å². The number of carbonyl (C=O) groups is 2. The number of aromatic amines is 1. The van der Waals surface area contributed by atoms with Crippen molar-refractivity contribution in [2.24, 2.45) is 0 Å². The number of likely N-dealkylation sites (tertiary alicyclic amines) is 1. The topological polar surface area (TPSA) is 109 Å². The number of hydrogen-bond acceptors (Lipinski definition) is 6. The van der Waals surface area contributed by atoms with E-state index in [0.29, 0.717) is 12.4 Å². The van der Waals surface area contributed by atoms with Gasteiger partial charge in [0, 0.05) is 18.3 Å². The highest BCUT2D eigenvalue weighted by molar-refractivity contribution is 5.85. The van der Waals surface area contributed by atoms with Crippen LogP contribution in [0.1, 0.15) is 72.5 Å².